The van der Waals surface area contributed by atoms with Gasteiger partial charge < -0.3 is 35.0 Å². The molecule has 0 spiro atoms. The standard InChI is InChI=1S/C18H36O7/c1-2-3-4-5-6-7-8-9-10-13(20)12-24-18-17(23)16(22)15(21)14(11-19)25-18/h13-23H,2-12H2,1H3/t13?,14-,15-,16+,17-,18?/m1/s1. The second-order valence-electron chi connectivity index (χ2n) is 6.95. The smallest absolute Gasteiger partial charge is 0.186 e. The maximum absolute atomic E-state index is 9.96. The first-order valence-electron chi connectivity index (χ1n) is 9.61. The molecule has 1 fully saturated rings. The number of hydrogen-bond donors (Lipinski definition) is 5. The highest BCUT2D eigenvalue weighted by Crippen LogP contribution is 2.22. The van der Waals surface area contributed by atoms with Gasteiger partial charge in [-0.25, -0.2) is 0 Å². The Balaban J connectivity index is 2.13. The van der Waals surface area contributed by atoms with Crippen molar-refractivity contribution in [3.05, 3.63) is 0 Å². The minimum absolute atomic E-state index is 0.0286. The summed E-state index contributed by atoms with van der Waals surface area (Å²) in [5.74, 6) is 0. The molecule has 1 rings (SSSR count). The van der Waals surface area contributed by atoms with Crippen molar-refractivity contribution < 1.29 is 35.0 Å². The third-order valence-electron chi connectivity index (χ3n) is 4.69. The predicted molar refractivity (Wildman–Crippen MR) is 93.0 cm³/mol. The van der Waals surface area contributed by atoms with E-state index in [1.807, 2.05) is 0 Å². The van der Waals surface area contributed by atoms with Gasteiger partial charge in [-0.15, -0.1) is 0 Å². The zero-order chi connectivity index (χ0) is 18.7. The van der Waals surface area contributed by atoms with Gasteiger partial charge in [-0.3, -0.25) is 0 Å². The summed E-state index contributed by atoms with van der Waals surface area (Å²) < 4.78 is 10.6. The Morgan fingerprint density at radius 3 is 2.08 bits per heavy atom. The first kappa shape index (κ1) is 22.8. The molecule has 0 aromatic heterocycles. The van der Waals surface area contributed by atoms with Gasteiger partial charge in [0.05, 0.1) is 19.3 Å². The van der Waals surface area contributed by atoms with Crippen LogP contribution in [0, 0.1) is 0 Å². The Hall–Kier alpha value is -0.280. The fourth-order valence-corrected chi connectivity index (χ4v) is 3.01. The Morgan fingerprint density at radius 1 is 0.880 bits per heavy atom. The molecule has 0 amide bonds. The van der Waals surface area contributed by atoms with Gasteiger partial charge in [-0.1, -0.05) is 58.3 Å². The molecular formula is C18H36O7. The number of rotatable bonds is 13. The molecule has 1 heterocycles. The van der Waals surface area contributed by atoms with Gasteiger partial charge in [-0.2, -0.15) is 0 Å². The van der Waals surface area contributed by atoms with Gasteiger partial charge in [0.15, 0.2) is 6.29 Å². The van der Waals surface area contributed by atoms with Crippen molar-refractivity contribution in [3.8, 4) is 0 Å². The van der Waals surface area contributed by atoms with Crippen LogP contribution < -0.4 is 0 Å². The lowest BCUT2D eigenvalue weighted by Gasteiger charge is -2.39. The van der Waals surface area contributed by atoms with Crippen LogP contribution in [-0.4, -0.2) is 75.6 Å². The molecular weight excluding hydrogens is 328 g/mol. The molecule has 0 aromatic carbocycles. The monoisotopic (exact) mass is 364 g/mol. The molecule has 1 aliphatic heterocycles. The number of hydrogen-bond acceptors (Lipinski definition) is 7. The van der Waals surface area contributed by atoms with Crippen molar-refractivity contribution in [1.82, 2.24) is 0 Å². The Bertz CT molecular complexity index is 327. The normalized spacial score (nSPS) is 31.2. The van der Waals surface area contributed by atoms with E-state index in [1.54, 1.807) is 0 Å². The van der Waals surface area contributed by atoms with Gasteiger partial charge in [0.2, 0.25) is 0 Å². The first-order chi connectivity index (χ1) is 12.0. The number of ether oxygens (including phenoxy) is 2. The van der Waals surface area contributed by atoms with Crippen molar-refractivity contribution in [3.63, 3.8) is 0 Å². The molecule has 1 saturated heterocycles. The molecule has 0 saturated carbocycles. The molecule has 0 aliphatic carbocycles. The average molecular weight is 364 g/mol. The highest BCUT2D eigenvalue weighted by Gasteiger charge is 2.44. The molecule has 6 atom stereocenters. The second kappa shape index (κ2) is 13.0. The Kier molecular flexibility index (Phi) is 11.8. The molecule has 0 aromatic rings. The van der Waals surface area contributed by atoms with E-state index in [-0.39, 0.29) is 6.61 Å². The summed E-state index contributed by atoms with van der Waals surface area (Å²) in [5, 5.41) is 48.3. The van der Waals surface area contributed by atoms with Gasteiger partial charge in [0, 0.05) is 0 Å². The van der Waals surface area contributed by atoms with E-state index >= 15 is 0 Å². The van der Waals surface area contributed by atoms with Gasteiger partial charge >= 0.3 is 0 Å². The number of aliphatic hydroxyl groups is 5. The summed E-state index contributed by atoms with van der Waals surface area (Å²) in [7, 11) is 0. The van der Waals surface area contributed by atoms with Crippen molar-refractivity contribution in [2.75, 3.05) is 13.2 Å². The maximum atomic E-state index is 9.96. The summed E-state index contributed by atoms with van der Waals surface area (Å²) in [5.41, 5.74) is 0. The van der Waals surface area contributed by atoms with Crippen LogP contribution in [0.1, 0.15) is 64.7 Å². The second-order valence-corrected chi connectivity index (χ2v) is 6.95. The largest absolute Gasteiger partial charge is 0.394 e. The van der Waals surface area contributed by atoms with Gasteiger partial charge in [0.1, 0.15) is 24.4 Å². The van der Waals surface area contributed by atoms with Crippen LogP contribution in [0.15, 0.2) is 0 Å². The van der Waals surface area contributed by atoms with E-state index in [9.17, 15) is 20.4 Å². The van der Waals surface area contributed by atoms with Crippen LogP contribution in [0.4, 0.5) is 0 Å². The minimum atomic E-state index is -1.46. The van der Waals surface area contributed by atoms with E-state index in [0.29, 0.717) is 6.42 Å². The fourth-order valence-electron chi connectivity index (χ4n) is 3.01. The predicted octanol–water partition coefficient (Wildman–Crippen LogP) is 0.695. The summed E-state index contributed by atoms with van der Waals surface area (Å²) in [6.07, 6.45) is 2.99. The first-order valence-corrected chi connectivity index (χ1v) is 9.61. The maximum Gasteiger partial charge on any atom is 0.186 e. The van der Waals surface area contributed by atoms with Crippen LogP contribution in [0.3, 0.4) is 0 Å². The SMILES string of the molecule is CCCCCCCCCCC(O)COC1O[C@H](CO)[C@@H](O)[C@H](O)[C@H]1O. The lowest BCUT2D eigenvalue weighted by molar-refractivity contribution is -0.304. The summed E-state index contributed by atoms with van der Waals surface area (Å²) in [6.45, 7) is 1.68. The van der Waals surface area contributed by atoms with E-state index < -0.39 is 43.4 Å². The number of unbranched alkanes of at least 4 members (excludes halogenated alkanes) is 7. The molecule has 1 aliphatic rings. The van der Waals surface area contributed by atoms with E-state index in [4.69, 9.17) is 14.6 Å². The molecule has 0 bridgehead atoms. The van der Waals surface area contributed by atoms with Crippen molar-refractivity contribution in [1.29, 1.82) is 0 Å². The van der Waals surface area contributed by atoms with Crippen molar-refractivity contribution >= 4 is 0 Å². The zero-order valence-corrected chi connectivity index (χ0v) is 15.3. The van der Waals surface area contributed by atoms with Crippen LogP contribution >= 0.6 is 0 Å². The van der Waals surface area contributed by atoms with Crippen LogP contribution in [-0.2, 0) is 9.47 Å². The van der Waals surface area contributed by atoms with Crippen molar-refractivity contribution in [2.45, 2.75) is 102 Å². The average Bonchev–Trinajstić information content (AvgIpc) is 2.61. The third-order valence-corrected chi connectivity index (χ3v) is 4.69. The minimum Gasteiger partial charge on any atom is -0.394 e. The Labute approximate surface area is 150 Å². The van der Waals surface area contributed by atoms with Gasteiger partial charge in [0.25, 0.3) is 0 Å². The lowest BCUT2D eigenvalue weighted by atomic mass is 9.99. The quantitative estimate of drug-likeness (QED) is 0.305. The zero-order valence-electron chi connectivity index (χ0n) is 15.3. The van der Waals surface area contributed by atoms with Crippen molar-refractivity contribution in [2.24, 2.45) is 0 Å². The molecule has 0 radical (unpaired) electrons. The fraction of sp³-hybridized carbons (Fsp3) is 1.00. The molecule has 2 unspecified atom stereocenters. The van der Waals surface area contributed by atoms with Crippen LogP contribution in [0.25, 0.3) is 0 Å². The Morgan fingerprint density at radius 2 is 1.48 bits per heavy atom. The summed E-state index contributed by atoms with van der Waals surface area (Å²) >= 11 is 0. The van der Waals surface area contributed by atoms with Gasteiger partial charge in [-0.05, 0) is 6.42 Å². The summed E-state index contributed by atoms with van der Waals surface area (Å²) in [6, 6.07) is 0. The molecule has 7 nitrogen and oxygen atoms in total. The third kappa shape index (κ3) is 8.30. The molecule has 5 N–H and O–H groups in total. The van der Waals surface area contributed by atoms with E-state index in [0.717, 1.165) is 12.8 Å². The molecule has 150 valence electrons. The number of aliphatic hydroxyl groups excluding tert-OH is 5. The molecule has 7 heteroatoms. The lowest BCUT2D eigenvalue weighted by Crippen LogP contribution is -2.59. The topological polar surface area (TPSA) is 120 Å². The van der Waals surface area contributed by atoms with Crippen LogP contribution in [0.2, 0.25) is 0 Å². The highest BCUT2D eigenvalue weighted by atomic mass is 16.7. The highest BCUT2D eigenvalue weighted by molar-refractivity contribution is 4.88. The summed E-state index contributed by atoms with van der Waals surface area (Å²) in [4.78, 5) is 0. The van der Waals surface area contributed by atoms with Crippen LogP contribution in [0.5, 0.6) is 0 Å². The molecule has 25 heavy (non-hydrogen) atoms. The van der Waals surface area contributed by atoms with E-state index in [2.05, 4.69) is 6.92 Å². The van der Waals surface area contributed by atoms with E-state index in [1.165, 1.54) is 38.5 Å².